The van der Waals surface area contributed by atoms with Gasteiger partial charge in [-0.1, -0.05) is 45.0 Å². The standard InChI is InChI=1S/C22H22N4OS/c1-22(2,3)19-17(28-21(26-19)25-18-10-6-7-11-23-18)13-15-12-14-8-4-5-9-16(14)24-20(15)27/h4-12H,13H2,1-3H3,(H,24,27)(H,23,25,26). The maximum atomic E-state index is 12.6. The van der Waals surface area contributed by atoms with Gasteiger partial charge in [0, 0.05) is 34.0 Å². The van der Waals surface area contributed by atoms with E-state index in [4.69, 9.17) is 4.98 Å². The highest BCUT2D eigenvalue weighted by atomic mass is 32.1. The Morgan fingerprint density at radius 1 is 1.11 bits per heavy atom. The Bertz CT molecular complexity index is 1170. The molecule has 0 saturated carbocycles. The van der Waals surface area contributed by atoms with E-state index in [0.717, 1.165) is 38.0 Å². The van der Waals surface area contributed by atoms with Gasteiger partial charge >= 0.3 is 0 Å². The van der Waals surface area contributed by atoms with Crippen molar-refractivity contribution in [1.29, 1.82) is 0 Å². The van der Waals surface area contributed by atoms with E-state index in [9.17, 15) is 4.79 Å². The van der Waals surface area contributed by atoms with E-state index in [1.807, 2.05) is 48.5 Å². The smallest absolute Gasteiger partial charge is 0.251 e. The number of nitrogens with one attached hydrogen (secondary N) is 2. The van der Waals surface area contributed by atoms with Crippen LogP contribution in [-0.4, -0.2) is 15.0 Å². The molecule has 0 bridgehead atoms. The zero-order valence-electron chi connectivity index (χ0n) is 16.1. The van der Waals surface area contributed by atoms with Crippen LogP contribution in [0.2, 0.25) is 0 Å². The van der Waals surface area contributed by atoms with Crippen LogP contribution in [0.3, 0.4) is 0 Å². The summed E-state index contributed by atoms with van der Waals surface area (Å²) in [5.41, 5.74) is 2.43. The molecule has 0 saturated heterocycles. The molecule has 0 fully saturated rings. The van der Waals surface area contributed by atoms with Gasteiger partial charge in [-0.25, -0.2) is 9.97 Å². The predicted octanol–water partition coefficient (Wildman–Crippen LogP) is 5.01. The Morgan fingerprint density at radius 3 is 2.64 bits per heavy atom. The second kappa shape index (κ2) is 7.20. The second-order valence-corrected chi connectivity index (χ2v) is 8.85. The normalized spacial score (nSPS) is 11.7. The van der Waals surface area contributed by atoms with E-state index in [0.29, 0.717) is 6.42 Å². The number of aromatic nitrogens is 3. The number of fused-ring (bicyclic) bond motifs is 1. The van der Waals surface area contributed by atoms with Gasteiger partial charge in [0.15, 0.2) is 5.13 Å². The second-order valence-electron chi connectivity index (χ2n) is 7.77. The van der Waals surface area contributed by atoms with Gasteiger partial charge in [0.25, 0.3) is 5.56 Å². The van der Waals surface area contributed by atoms with Gasteiger partial charge in [0.05, 0.1) is 5.69 Å². The lowest BCUT2D eigenvalue weighted by Gasteiger charge is -2.17. The highest BCUT2D eigenvalue weighted by Gasteiger charge is 2.24. The number of rotatable bonds is 4. The van der Waals surface area contributed by atoms with Crippen molar-refractivity contribution in [2.24, 2.45) is 0 Å². The molecule has 0 unspecified atom stereocenters. The third-order valence-corrected chi connectivity index (χ3v) is 5.46. The molecule has 2 N–H and O–H groups in total. The number of H-pyrrole nitrogens is 1. The molecule has 0 spiro atoms. The third kappa shape index (κ3) is 3.82. The minimum atomic E-state index is -0.126. The Balaban J connectivity index is 1.72. The Labute approximate surface area is 167 Å². The molecule has 0 radical (unpaired) electrons. The molecule has 6 heteroatoms. The van der Waals surface area contributed by atoms with Gasteiger partial charge in [-0.3, -0.25) is 4.79 Å². The van der Waals surface area contributed by atoms with Gasteiger partial charge in [0.1, 0.15) is 5.82 Å². The molecule has 0 amide bonds. The van der Waals surface area contributed by atoms with Gasteiger partial charge < -0.3 is 10.3 Å². The number of aromatic amines is 1. The molecule has 4 rings (SSSR count). The van der Waals surface area contributed by atoms with Crippen molar-refractivity contribution in [3.8, 4) is 0 Å². The molecule has 28 heavy (non-hydrogen) atoms. The quantitative estimate of drug-likeness (QED) is 0.514. The number of hydrogen-bond acceptors (Lipinski definition) is 5. The number of hydrogen-bond donors (Lipinski definition) is 2. The van der Waals surface area contributed by atoms with Crippen LogP contribution in [0, 0.1) is 0 Å². The maximum Gasteiger partial charge on any atom is 0.251 e. The van der Waals surface area contributed by atoms with Crippen LogP contribution in [0.25, 0.3) is 10.9 Å². The van der Waals surface area contributed by atoms with Gasteiger partial charge in [-0.2, -0.15) is 0 Å². The molecule has 142 valence electrons. The van der Waals surface area contributed by atoms with Crippen molar-refractivity contribution in [1.82, 2.24) is 15.0 Å². The molecule has 3 heterocycles. The molecule has 0 aliphatic rings. The van der Waals surface area contributed by atoms with Crippen LogP contribution < -0.4 is 10.9 Å². The highest BCUT2D eigenvalue weighted by Crippen LogP contribution is 2.34. The van der Waals surface area contributed by atoms with E-state index in [1.165, 1.54) is 0 Å². The van der Waals surface area contributed by atoms with Gasteiger partial charge in [0.2, 0.25) is 0 Å². The fourth-order valence-electron chi connectivity index (χ4n) is 3.15. The summed E-state index contributed by atoms with van der Waals surface area (Å²) in [4.78, 5) is 25.8. The summed E-state index contributed by atoms with van der Waals surface area (Å²) in [6.07, 6.45) is 2.30. The Kier molecular flexibility index (Phi) is 4.73. The number of thiazole rings is 1. The summed E-state index contributed by atoms with van der Waals surface area (Å²) in [7, 11) is 0. The van der Waals surface area contributed by atoms with Crippen molar-refractivity contribution in [3.05, 3.63) is 81.2 Å². The van der Waals surface area contributed by atoms with Crippen molar-refractivity contribution >= 4 is 33.2 Å². The molecule has 5 nitrogen and oxygen atoms in total. The van der Waals surface area contributed by atoms with E-state index in [1.54, 1.807) is 17.5 Å². The van der Waals surface area contributed by atoms with E-state index >= 15 is 0 Å². The SMILES string of the molecule is CC(C)(C)c1nc(Nc2ccccn2)sc1Cc1cc2ccccc2[nH]c1=O. The summed E-state index contributed by atoms with van der Waals surface area (Å²) in [6, 6.07) is 15.5. The third-order valence-electron chi connectivity index (χ3n) is 4.49. The van der Waals surface area contributed by atoms with Crippen molar-refractivity contribution in [3.63, 3.8) is 0 Å². The summed E-state index contributed by atoms with van der Waals surface area (Å²) in [5.74, 6) is 0.756. The lowest BCUT2D eigenvalue weighted by atomic mass is 9.90. The van der Waals surface area contributed by atoms with Crippen LogP contribution in [-0.2, 0) is 11.8 Å². The molecular formula is C22H22N4OS. The maximum absolute atomic E-state index is 12.6. The Hall–Kier alpha value is -2.99. The minimum absolute atomic E-state index is 0.0498. The lowest BCUT2D eigenvalue weighted by Crippen LogP contribution is -2.17. The Morgan fingerprint density at radius 2 is 1.89 bits per heavy atom. The molecular weight excluding hydrogens is 368 g/mol. The predicted molar refractivity (Wildman–Crippen MR) is 116 cm³/mol. The van der Waals surface area contributed by atoms with Crippen molar-refractivity contribution in [2.45, 2.75) is 32.6 Å². The van der Waals surface area contributed by atoms with Crippen LogP contribution in [0.15, 0.2) is 59.5 Å². The number of benzene rings is 1. The average Bonchev–Trinajstić information content (AvgIpc) is 3.06. The first-order valence-electron chi connectivity index (χ1n) is 9.19. The van der Waals surface area contributed by atoms with Crippen LogP contribution >= 0.6 is 11.3 Å². The first-order chi connectivity index (χ1) is 13.4. The van der Waals surface area contributed by atoms with Crippen LogP contribution in [0.1, 0.15) is 36.9 Å². The largest absolute Gasteiger partial charge is 0.322 e. The number of nitrogens with zero attached hydrogens (tertiary/aromatic N) is 2. The molecule has 0 aliphatic heterocycles. The fourth-order valence-corrected chi connectivity index (χ4v) is 4.36. The monoisotopic (exact) mass is 390 g/mol. The highest BCUT2D eigenvalue weighted by molar-refractivity contribution is 7.15. The summed E-state index contributed by atoms with van der Waals surface area (Å²) in [6.45, 7) is 6.42. The topological polar surface area (TPSA) is 70.7 Å². The molecule has 1 aromatic carbocycles. The first kappa shape index (κ1) is 18.4. The summed E-state index contributed by atoms with van der Waals surface area (Å²) < 4.78 is 0. The van der Waals surface area contributed by atoms with E-state index < -0.39 is 0 Å². The fraction of sp³-hybridized carbons (Fsp3) is 0.227. The summed E-state index contributed by atoms with van der Waals surface area (Å²) in [5, 5.41) is 5.10. The van der Waals surface area contributed by atoms with E-state index in [2.05, 4.69) is 36.1 Å². The van der Waals surface area contributed by atoms with Crippen LogP contribution in [0.5, 0.6) is 0 Å². The van der Waals surface area contributed by atoms with Gasteiger partial charge in [-0.15, -0.1) is 11.3 Å². The van der Waals surface area contributed by atoms with Gasteiger partial charge in [-0.05, 0) is 29.7 Å². The van der Waals surface area contributed by atoms with Crippen molar-refractivity contribution < 1.29 is 0 Å². The molecule has 4 aromatic rings. The van der Waals surface area contributed by atoms with E-state index in [-0.39, 0.29) is 11.0 Å². The minimum Gasteiger partial charge on any atom is -0.322 e. The number of anilines is 2. The molecule has 0 atom stereocenters. The first-order valence-corrected chi connectivity index (χ1v) is 10.0. The number of pyridine rings is 2. The molecule has 0 aliphatic carbocycles. The number of para-hydroxylation sites is 1. The lowest BCUT2D eigenvalue weighted by molar-refractivity contribution is 0.568. The van der Waals surface area contributed by atoms with Crippen molar-refractivity contribution in [2.75, 3.05) is 5.32 Å². The zero-order chi connectivity index (χ0) is 19.7. The van der Waals surface area contributed by atoms with Crippen LogP contribution in [0.4, 0.5) is 10.9 Å². The average molecular weight is 391 g/mol. The summed E-state index contributed by atoms with van der Waals surface area (Å²) >= 11 is 1.58. The zero-order valence-corrected chi connectivity index (χ0v) is 16.9. The molecule has 3 aromatic heterocycles.